The largest absolute Gasteiger partial charge is 0.276 e. The molecule has 0 N–H and O–H groups in total. The Balaban J connectivity index is 3.55. The zero-order chi connectivity index (χ0) is 10.8. The smallest absolute Gasteiger partial charge is 0.143 e. The van der Waals surface area contributed by atoms with Crippen LogP contribution in [0.25, 0.3) is 0 Å². The molecule has 14 heavy (non-hydrogen) atoms. The molecule has 0 saturated carbocycles. The maximum absolute atomic E-state index is 11.3. The second-order valence-electron chi connectivity index (χ2n) is 4.05. The highest BCUT2D eigenvalue weighted by Gasteiger charge is 2.10. The molecule has 0 fully saturated rings. The van der Waals surface area contributed by atoms with Crippen LogP contribution in [0.4, 0.5) is 0 Å². The van der Waals surface area contributed by atoms with E-state index in [0.29, 0.717) is 0 Å². The molecule has 0 aliphatic carbocycles. The van der Waals surface area contributed by atoms with Gasteiger partial charge in [0.25, 0.3) is 0 Å². The van der Waals surface area contributed by atoms with Crippen molar-refractivity contribution in [3.05, 3.63) is 0 Å². The minimum Gasteiger partial charge on any atom is -0.276 e. The van der Waals surface area contributed by atoms with E-state index in [1.165, 1.54) is 38.5 Å². The van der Waals surface area contributed by atoms with Gasteiger partial charge in [-0.05, 0) is 19.8 Å². The van der Waals surface area contributed by atoms with E-state index in [1.54, 1.807) is 6.92 Å². The number of unbranched alkanes of at least 4 members (excludes halogenated alkanes) is 4. The standard InChI is InChI=1S/C12H26NO/c1-4-6-8-10-13(12(3)14)11-9-7-5-2/h12H,4-11H2,1-3H3. The zero-order valence-corrected chi connectivity index (χ0v) is 10.1. The Bertz CT molecular complexity index is 105. The lowest BCUT2D eigenvalue weighted by Gasteiger charge is -2.23. The van der Waals surface area contributed by atoms with Gasteiger partial charge in [0.05, 0.1) is 0 Å². The molecule has 1 unspecified atom stereocenters. The Hall–Kier alpha value is -0.0800. The second kappa shape index (κ2) is 9.47. The molecular formula is C12H26NO. The van der Waals surface area contributed by atoms with E-state index in [0.717, 1.165) is 13.1 Å². The summed E-state index contributed by atoms with van der Waals surface area (Å²) in [4.78, 5) is 2.07. The monoisotopic (exact) mass is 200 g/mol. The zero-order valence-electron chi connectivity index (χ0n) is 10.1. The van der Waals surface area contributed by atoms with Gasteiger partial charge in [-0.25, -0.2) is 5.11 Å². The first-order valence-corrected chi connectivity index (χ1v) is 6.12. The minimum atomic E-state index is -0.524. The SMILES string of the molecule is CCCCCN(CCCCC)C(C)[O]. The Morgan fingerprint density at radius 2 is 1.36 bits per heavy atom. The van der Waals surface area contributed by atoms with E-state index in [9.17, 15) is 5.11 Å². The van der Waals surface area contributed by atoms with Gasteiger partial charge in [0.2, 0.25) is 0 Å². The lowest BCUT2D eigenvalue weighted by Crippen LogP contribution is -2.33. The van der Waals surface area contributed by atoms with E-state index < -0.39 is 6.23 Å². The topological polar surface area (TPSA) is 23.1 Å². The average molecular weight is 200 g/mol. The molecule has 0 bridgehead atoms. The van der Waals surface area contributed by atoms with Crippen molar-refractivity contribution in [1.82, 2.24) is 4.90 Å². The summed E-state index contributed by atoms with van der Waals surface area (Å²) in [6.07, 6.45) is 6.79. The molecular weight excluding hydrogens is 174 g/mol. The third-order valence-corrected chi connectivity index (χ3v) is 2.61. The quantitative estimate of drug-likeness (QED) is 0.413. The highest BCUT2D eigenvalue weighted by molar-refractivity contribution is 4.58. The number of hydrogen-bond acceptors (Lipinski definition) is 1. The lowest BCUT2D eigenvalue weighted by atomic mass is 10.2. The molecule has 85 valence electrons. The highest BCUT2D eigenvalue weighted by atomic mass is 16.3. The summed E-state index contributed by atoms with van der Waals surface area (Å²) in [5.41, 5.74) is 0. The van der Waals surface area contributed by atoms with Gasteiger partial charge in [0.15, 0.2) is 0 Å². The first-order valence-electron chi connectivity index (χ1n) is 6.12. The molecule has 1 radical (unpaired) electrons. The van der Waals surface area contributed by atoms with Gasteiger partial charge in [0.1, 0.15) is 6.23 Å². The van der Waals surface area contributed by atoms with Crippen LogP contribution in [0.5, 0.6) is 0 Å². The van der Waals surface area contributed by atoms with Crippen LogP contribution in [0, 0.1) is 0 Å². The Kier molecular flexibility index (Phi) is 9.42. The molecule has 0 heterocycles. The third-order valence-electron chi connectivity index (χ3n) is 2.61. The summed E-state index contributed by atoms with van der Waals surface area (Å²) >= 11 is 0. The summed E-state index contributed by atoms with van der Waals surface area (Å²) in [7, 11) is 0. The predicted molar refractivity (Wildman–Crippen MR) is 60.8 cm³/mol. The average Bonchev–Trinajstić information content (AvgIpc) is 2.15. The maximum atomic E-state index is 11.3. The fourth-order valence-electron chi connectivity index (χ4n) is 1.61. The fraction of sp³-hybridized carbons (Fsp3) is 1.00. The van der Waals surface area contributed by atoms with Crippen molar-refractivity contribution in [3.63, 3.8) is 0 Å². The van der Waals surface area contributed by atoms with Gasteiger partial charge in [-0.3, -0.25) is 4.90 Å². The summed E-state index contributed by atoms with van der Waals surface area (Å²) in [5.74, 6) is 0. The summed E-state index contributed by atoms with van der Waals surface area (Å²) in [6.45, 7) is 8.13. The summed E-state index contributed by atoms with van der Waals surface area (Å²) in [6, 6.07) is 0. The Morgan fingerprint density at radius 3 is 1.64 bits per heavy atom. The van der Waals surface area contributed by atoms with Crippen LogP contribution in [0.1, 0.15) is 59.3 Å². The maximum Gasteiger partial charge on any atom is 0.143 e. The summed E-state index contributed by atoms with van der Waals surface area (Å²) < 4.78 is 0. The number of hydrogen-bond donors (Lipinski definition) is 0. The minimum absolute atomic E-state index is 0.524. The molecule has 2 nitrogen and oxygen atoms in total. The van der Waals surface area contributed by atoms with Crippen molar-refractivity contribution in [2.75, 3.05) is 13.1 Å². The molecule has 1 atom stereocenters. The molecule has 0 spiro atoms. The molecule has 0 aromatic carbocycles. The van der Waals surface area contributed by atoms with E-state index in [2.05, 4.69) is 18.7 Å². The van der Waals surface area contributed by atoms with Crippen LogP contribution < -0.4 is 0 Å². The van der Waals surface area contributed by atoms with E-state index >= 15 is 0 Å². The molecule has 0 aliphatic rings. The second-order valence-corrected chi connectivity index (χ2v) is 4.05. The van der Waals surface area contributed by atoms with Crippen LogP contribution >= 0.6 is 0 Å². The highest BCUT2D eigenvalue weighted by Crippen LogP contribution is 2.05. The molecule has 2 heteroatoms. The van der Waals surface area contributed by atoms with Crippen molar-refractivity contribution >= 4 is 0 Å². The van der Waals surface area contributed by atoms with Gasteiger partial charge >= 0.3 is 0 Å². The van der Waals surface area contributed by atoms with Gasteiger partial charge in [0, 0.05) is 13.1 Å². The van der Waals surface area contributed by atoms with E-state index in [4.69, 9.17) is 0 Å². The van der Waals surface area contributed by atoms with Crippen LogP contribution in [0.3, 0.4) is 0 Å². The van der Waals surface area contributed by atoms with E-state index in [1.807, 2.05) is 0 Å². The van der Waals surface area contributed by atoms with Crippen molar-refractivity contribution in [2.24, 2.45) is 0 Å². The Morgan fingerprint density at radius 1 is 0.929 bits per heavy atom. The van der Waals surface area contributed by atoms with Crippen molar-refractivity contribution < 1.29 is 5.11 Å². The molecule has 0 aromatic rings. The Labute approximate surface area is 89.3 Å². The van der Waals surface area contributed by atoms with Gasteiger partial charge < -0.3 is 0 Å². The van der Waals surface area contributed by atoms with Crippen molar-refractivity contribution in [2.45, 2.75) is 65.5 Å². The first-order chi connectivity index (χ1) is 6.72. The molecule has 0 rings (SSSR count). The molecule has 0 aromatic heterocycles. The van der Waals surface area contributed by atoms with Crippen LogP contribution in [0.2, 0.25) is 0 Å². The van der Waals surface area contributed by atoms with Gasteiger partial charge in [-0.15, -0.1) is 0 Å². The normalized spacial score (nSPS) is 13.5. The van der Waals surface area contributed by atoms with E-state index in [-0.39, 0.29) is 0 Å². The van der Waals surface area contributed by atoms with Crippen LogP contribution in [-0.2, 0) is 5.11 Å². The first kappa shape index (κ1) is 13.9. The lowest BCUT2D eigenvalue weighted by molar-refractivity contribution is -0.0360. The fourth-order valence-corrected chi connectivity index (χ4v) is 1.61. The van der Waals surface area contributed by atoms with Crippen molar-refractivity contribution in [1.29, 1.82) is 0 Å². The molecule has 0 aliphatic heterocycles. The van der Waals surface area contributed by atoms with Gasteiger partial charge in [-0.1, -0.05) is 39.5 Å². The van der Waals surface area contributed by atoms with Crippen molar-refractivity contribution in [3.8, 4) is 0 Å². The van der Waals surface area contributed by atoms with Gasteiger partial charge in [-0.2, -0.15) is 0 Å². The van der Waals surface area contributed by atoms with Crippen LogP contribution in [0.15, 0.2) is 0 Å². The molecule has 0 saturated heterocycles. The van der Waals surface area contributed by atoms with Crippen LogP contribution in [-0.4, -0.2) is 24.2 Å². The predicted octanol–water partition coefficient (Wildman–Crippen LogP) is 3.45. The molecule has 0 amide bonds. The summed E-state index contributed by atoms with van der Waals surface area (Å²) in [5, 5.41) is 11.3. The number of nitrogens with zero attached hydrogens (tertiary/aromatic N) is 1. The third kappa shape index (κ3) is 7.34. The number of rotatable bonds is 9.